The fraction of sp³-hybridized carbons (Fsp3) is 0.375. The van der Waals surface area contributed by atoms with Gasteiger partial charge in [0.05, 0.1) is 16.6 Å². The number of thioether (sulfide) groups is 1. The second kappa shape index (κ2) is 10.3. The van der Waals surface area contributed by atoms with Gasteiger partial charge in [0.25, 0.3) is 5.69 Å². The number of ether oxygens (including phenoxy) is 3. The van der Waals surface area contributed by atoms with Crippen molar-refractivity contribution < 1.29 is 19.1 Å². The van der Waals surface area contributed by atoms with E-state index in [9.17, 15) is 10.1 Å². The zero-order chi connectivity index (χ0) is 24.2. The molecule has 0 unspecified atom stereocenters. The monoisotopic (exact) mass is 495 g/mol. The Morgan fingerprint density at radius 3 is 2.74 bits per heavy atom. The number of fused-ring (bicyclic) bond motifs is 4. The van der Waals surface area contributed by atoms with Crippen LogP contribution in [0.1, 0.15) is 50.8 Å². The van der Waals surface area contributed by atoms with Gasteiger partial charge in [-0.3, -0.25) is 10.1 Å². The molecule has 3 aromatic rings. The number of hydrogen-bond acceptors (Lipinski definition) is 10. The largest absolute Gasteiger partial charge is 0.454 e. The molecule has 0 fully saturated rings. The minimum Gasteiger partial charge on any atom is -0.454 e. The van der Waals surface area contributed by atoms with E-state index in [2.05, 4.69) is 27.4 Å². The summed E-state index contributed by atoms with van der Waals surface area (Å²) in [6, 6.07) is 10.4. The molecule has 0 bridgehead atoms. The van der Waals surface area contributed by atoms with Crippen molar-refractivity contribution in [1.82, 2.24) is 15.2 Å². The molecule has 0 saturated carbocycles. The predicted molar refractivity (Wildman–Crippen MR) is 131 cm³/mol. The highest BCUT2D eigenvalue weighted by molar-refractivity contribution is 7.99. The molecule has 1 N–H and O–H groups in total. The van der Waals surface area contributed by atoms with E-state index in [1.54, 1.807) is 6.07 Å². The third kappa shape index (κ3) is 4.95. The summed E-state index contributed by atoms with van der Waals surface area (Å²) in [5.41, 5.74) is 2.09. The first-order valence-electron chi connectivity index (χ1n) is 11.6. The molecule has 2 aliphatic rings. The third-order valence-corrected chi connectivity index (χ3v) is 6.74. The van der Waals surface area contributed by atoms with Crippen LogP contribution in [0.4, 0.5) is 11.4 Å². The molecule has 0 saturated heterocycles. The van der Waals surface area contributed by atoms with Crippen LogP contribution in [-0.4, -0.2) is 32.7 Å². The number of para-hydroxylation sites is 1. The van der Waals surface area contributed by atoms with Crippen molar-refractivity contribution in [3.05, 3.63) is 52.1 Å². The standard InChI is InChI=1S/C24H25N5O5S/c1-2-3-4-5-8-11-35-24-26-23-21(27-28-24)15-9-6-7-10-17(15)25-22(34-23)16-12-19-20(33-14-32-19)13-18(16)29(30)31/h6-7,9-10,12-13,22,25H,2-5,8,11,14H2,1H3/t22-/m0/s1. The number of hydrogen-bond donors (Lipinski definition) is 1. The number of nitrogens with one attached hydrogen (secondary N) is 1. The Kier molecular flexibility index (Phi) is 6.84. The number of nitro benzene ring substituents is 1. The van der Waals surface area contributed by atoms with Gasteiger partial charge >= 0.3 is 0 Å². The molecule has 0 amide bonds. The molecule has 11 heteroatoms. The van der Waals surface area contributed by atoms with E-state index in [0.717, 1.165) is 17.7 Å². The Labute approximate surface area is 206 Å². The van der Waals surface area contributed by atoms with Crippen molar-refractivity contribution in [3.8, 4) is 28.6 Å². The van der Waals surface area contributed by atoms with Crippen molar-refractivity contribution in [3.63, 3.8) is 0 Å². The van der Waals surface area contributed by atoms with Crippen molar-refractivity contribution >= 4 is 23.1 Å². The van der Waals surface area contributed by atoms with E-state index in [4.69, 9.17) is 14.2 Å². The van der Waals surface area contributed by atoms with E-state index < -0.39 is 11.2 Å². The van der Waals surface area contributed by atoms with Gasteiger partial charge < -0.3 is 19.5 Å². The van der Waals surface area contributed by atoms with Gasteiger partial charge in [-0.05, 0) is 18.6 Å². The Morgan fingerprint density at radius 2 is 1.91 bits per heavy atom. The molecule has 1 atom stereocenters. The van der Waals surface area contributed by atoms with Crippen LogP contribution < -0.4 is 19.5 Å². The predicted octanol–water partition coefficient (Wildman–Crippen LogP) is 5.74. The lowest BCUT2D eigenvalue weighted by molar-refractivity contribution is -0.386. The van der Waals surface area contributed by atoms with Gasteiger partial charge in [0.15, 0.2) is 17.2 Å². The Bertz CT molecular complexity index is 1240. The van der Waals surface area contributed by atoms with Crippen LogP contribution in [0.15, 0.2) is 41.6 Å². The van der Waals surface area contributed by atoms with Crippen LogP contribution in [0.3, 0.4) is 0 Å². The number of rotatable bonds is 9. The average Bonchev–Trinajstić information content (AvgIpc) is 3.26. The lowest BCUT2D eigenvalue weighted by Gasteiger charge is -2.19. The number of aromatic nitrogens is 3. The van der Waals surface area contributed by atoms with Crippen LogP contribution >= 0.6 is 11.8 Å². The van der Waals surface area contributed by atoms with E-state index in [1.807, 2.05) is 24.3 Å². The number of nitro groups is 1. The lowest BCUT2D eigenvalue weighted by Crippen LogP contribution is -2.18. The highest BCUT2D eigenvalue weighted by Gasteiger charge is 2.33. The van der Waals surface area contributed by atoms with E-state index in [-0.39, 0.29) is 18.4 Å². The van der Waals surface area contributed by atoms with Crippen LogP contribution in [0.5, 0.6) is 17.4 Å². The van der Waals surface area contributed by atoms with Gasteiger partial charge in [-0.15, -0.1) is 10.2 Å². The van der Waals surface area contributed by atoms with Crippen molar-refractivity contribution in [2.75, 3.05) is 17.9 Å². The maximum absolute atomic E-state index is 11.9. The lowest BCUT2D eigenvalue weighted by atomic mass is 10.1. The minimum atomic E-state index is -0.907. The van der Waals surface area contributed by atoms with Crippen LogP contribution in [0.2, 0.25) is 0 Å². The maximum Gasteiger partial charge on any atom is 0.282 e. The van der Waals surface area contributed by atoms with Crippen molar-refractivity contribution in [2.45, 2.75) is 50.4 Å². The van der Waals surface area contributed by atoms with Crippen LogP contribution in [-0.2, 0) is 0 Å². The van der Waals surface area contributed by atoms with E-state index >= 15 is 0 Å². The minimum absolute atomic E-state index is 0.0106. The molecule has 10 nitrogen and oxygen atoms in total. The van der Waals surface area contributed by atoms with Gasteiger partial charge in [0.2, 0.25) is 24.1 Å². The number of unbranched alkanes of at least 4 members (excludes halogenated alkanes) is 4. The Hall–Kier alpha value is -3.60. The molecule has 0 aliphatic carbocycles. The molecule has 0 radical (unpaired) electrons. The van der Waals surface area contributed by atoms with E-state index in [0.29, 0.717) is 33.6 Å². The quantitative estimate of drug-likeness (QED) is 0.170. The number of anilines is 1. The van der Waals surface area contributed by atoms with Crippen molar-refractivity contribution in [1.29, 1.82) is 0 Å². The van der Waals surface area contributed by atoms with E-state index in [1.165, 1.54) is 43.5 Å². The van der Waals surface area contributed by atoms with Crippen molar-refractivity contribution in [2.24, 2.45) is 0 Å². The number of benzene rings is 2. The summed E-state index contributed by atoms with van der Waals surface area (Å²) in [7, 11) is 0. The molecule has 2 aliphatic heterocycles. The first-order valence-corrected chi connectivity index (χ1v) is 12.6. The molecule has 35 heavy (non-hydrogen) atoms. The van der Waals surface area contributed by atoms with Gasteiger partial charge in [-0.25, -0.2) is 0 Å². The summed E-state index contributed by atoms with van der Waals surface area (Å²) in [5.74, 6) is 1.91. The van der Waals surface area contributed by atoms with Crippen LogP contribution in [0.25, 0.3) is 11.3 Å². The smallest absolute Gasteiger partial charge is 0.282 e. The molecule has 182 valence electrons. The zero-order valence-corrected chi connectivity index (χ0v) is 20.0. The summed E-state index contributed by atoms with van der Waals surface area (Å²) in [5, 5.41) is 24.4. The summed E-state index contributed by atoms with van der Waals surface area (Å²) in [4.78, 5) is 16.1. The second-order valence-corrected chi connectivity index (χ2v) is 9.28. The Morgan fingerprint density at radius 1 is 1.11 bits per heavy atom. The normalized spacial score (nSPS) is 15.4. The summed E-state index contributed by atoms with van der Waals surface area (Å²) in [6.07, 6.45) is 5.01. The maximum atomic E-state index is 11.9. The highest BCUT2D eigenvalue weighted by Crippen LogP contribution is 2.44. The average molecular weight is 496 g/mol. The number of nitrogens with zero attached hydrogens (tertiary/aromatic N) is 4. The molecule has 2 aromatic carbocycles. The molecule has 3 heterocycles. The molecule has 0 spiro atoms. The summed E-state index contributed by atoms with van der Waals surface area (Å²) in [6.45, 7) is 2.21. The fourth-order valence-corrected chi connectivity index (χ4v) is 4.81. The third-order valence-electron chi connectivity index (χ3n) is 5.81. The van der Waals surface area contributed by atoms with Gasteiger partial charge in [0, 0.05) is 17.0 Å². The summed E-state index contributed by atoms with van der Waals surface area (Å²) >= 11 is 1.53. The Balaban J connectivity index is 1.47. The fourth-order valence-electron chi connectivity index (χ4n) is 4.03. The highest BCUT2D eigenvalue weighted by atomic mass is 32.2. The van der Waals surface area contributed by atoms with Crippen LogP contribution in [0, 0.1) is 10.1 Å². The molecule has 1 aromatic heterocycles. The first-order chi connectivity index (χ1) is 17.1. The SMILES string of the molecule is CCCCCCCSc1nnc2c(n1)O[C@@H](c1cc3c(cc1[N+](=O)[O-])OCO3)Nc1ccccc1-2. The zero-order valence-electron chi connectivity index (χ0n) is 19.2. The molecular weight excluding hydrogens is 470 g/mol. The van der Waals surface area contributed by atoms with Gasteiger partial charge in [-0.2, -0.15) is 4.98 Å². The molecular formula is C24H25N5O5S. The second-order valence-electron chi connectivity index (χ2n) is 8.22. The summed E-state index contributed by atoms with van der Waals surface area (Å²) < 4.78 is 17.0. The molecule has 5 rings (SSSR count). The topological polar surface area (TPSA) is 122 Å². The van der Waals surface area contributed by atoms with Gasteiger partial charge in [-0.1, -0.05) is 62.6 Å². The first kappa shape index (κ1) is 23.2. The van der Waals surface area contributed by atoms with Gasteiger partial charge in [0.1, 0.15) is 0 Å².